The Labute approximate surface area is 79.7 Å². The van der Waals surface area contributed by atoms with Crippen molar-refractivity contribution in [1.29, 1.82) is 0 Å². The SMILES string of the molecule is COC(C)=O.[K]. The third-order valence-electron chi connectivity index (χ3n) is 0.287. The largest absolute Gasteiger partial charge is 0.469 e. The van der Waals surface area contributed by atoms with Crippen molar-refractivity contribution in [3.8, 4) is 0 Å². The van der Waals surface area contributed by atoms with E-state index in [1.54, 1.807) is 0 Å². The summed E-state index contributed by atoms with van der Waals surface area (Å²) in [6.45, 7) is 1.36. The van der Waals surface area contributed by atoms with Crippen LogP contribution in [0.3, 0.4) is 0 Å². The van der Waals surface area contributed by atoms with Crippen LogP contribution >= 0.6 is 0 Å². The van der Waals surface area contributed by atoms with Crippen LogP contribution in [-0.2, 0) is 9.53 Å². The summed E-state index contributed by atoms with van der Waals surface area (Å²) in [5.74, 6) is -0.245. The molecule has 0 spiro atoms. The number of carbonyl (C=O) groups excluding carboxylic acids is 1. The zero-order chi connectivity index (χ0) is 4.28. The maximum Gasteiger partial charge on any atom is 0.302 e. The van der Waals surface area contributed by atoms with Crippen molar-refractivity contribution in [2.75, 3.05) is 7.11 Å². The average molecular weight is 113 g/mol. The molecule has 1 radical (unpaired) electrons. The maximum absolute atomic E-state index is 9.59. The molecule has 0 amide bonds. The van der Waals surface area contributed by atoms with Gasteiger partial charge in [-0.05, 0) is 0 Å². The summed E-state index contributed by atoms with van der Waals surface area (Å²) in [4.78, 5) is 9.59. The minimum Gasteiger partial charge on any atom is -0.469 e. The van der Waals surface area contributed by atoms with Crippen molar-refractivity contribution in [3.05, 3.63) is 0 Å². The van der Waals surface area contributed by atoms with Crippen LogP contribution in [0, 0.1) is 0 Å². The van der Waals surface area contributed by atoms with E-state index >= 15 is 0 Å². The molecular weight excluding hydrogens is 107 g/mol. The Bertz CT molecular complexity index is 44.1. The van der Waals surface area contributed by atoms with Crippen molar-refractivity contribution in [2.24, 2.45) is 0 Å². The average Bonchev–Trinajstić information content (AvgIpc) is 1.38. The van der Waals surface area contributed by atoms with Crippen LogP contribution in [0.1, 0.15) is 6.92 Å². The molecule has 0 heterocycles. The first-order valence-corrected chi connectivity index (χ1v) is 1.32. The van der Waals surface area contributed by atoms with Crippen LogP contribution in [0.25, 0.3) is 0 Å². The minimum atomic E-state index is -0.245. The molecule has 0 aliphatic heterocycles. The normalized spacial score (nSPS) is 5.67. The molecule has 31 valence electrons. The second-order valence-corrected chi connectivity index (χ2v) is 0.696. The molecule has 0 rings (SSSR count). The van der Waals surface area contributed by atoms with E-state index in [9.17, 15) is 4.79 Å². The van der Waals surface area contributed by atoms with Gasteiger partial charge in [0.2, 0.25) is 0 Å². The van der Waals surface area contributed by atoms with Crippen molar-refractivity contribution in [1.82, 2.24) is 0 Å². The van der Waals surface area contributed by atoms with Gasteiger partial charge in [-0.2, -0.15) is 0 Å². The number of methoxy groups -OCH3 is 1. The van der Waals surface area contributed by atoms with Crippen molar-refractivity contribution >= 4 is 57.4 Å². The summed E-state index contributed by atoms with van der Waals surface area (Å²) in [5.41, 5.74) is 0. The Kier molecular flexibility index (Phi) is 10.3. The van der Waals surface area contributed by atoms with Gasteiger partial charge in [-0.1, -0.05) is 0 Å². The molecule has 0 aromatic rings. The van der Waals surface area contributed by atoms with E-state index in [0.29, 0.717) is 0 Å². The van der Waals surface area contributed by atoms with Crippen LogP contribution in [0.4, 0.5) is 0 Å². The van der Waals surface area contributed by atoms with Gasteiger partial charge in [0.05, 0.1) is 7.11 Å². The molecule has 0 N–H and O–H groups in total. The Hall–Kier alpha value is 1.11. The van der Waals surface area contributed by atoms with Crippen LogP contribution < -0.4 is 0 Å². The predicted molar refractivity (Wildman–Crippen MR) is 23.4 cm³/mol. The number of esters is 1. The smallest absolute Gasteiger partial charge is 0.302 e. The monoisotopic (exact) mass is 113 g/mol. The van der Waals surface area contributed by atoms with Crippen LogP contribution in [-0.4, -0.2) is 64.5 Å². The second-order valence-electron chi connectivity index (χ2n) is 0.696. The molecule has 0 saturated carbocycles. The van der Waals surface area contributed by atoms with E-state index in [2.05, 4.69) is 4.74 Å². The second kappa shape index (κ2) is 6.11. The summed E-state index contributed by atoms with van der Waals surface area (Å²) in [6, 6.07) is 0. The van der Waals surface area contributed by atoms with E-state index in [0.717, 1.165) is 0 Å². The number of carbonyl (C=O) groups is 1. The molecule has 0 saturated heterocycles. The number of hydrogen-bond acceptors (Lipinski definition) is 2. The van der Waals surface area contributed by atoms with Gasteiger partial charge in [0.15, 0.2) is 0 Å². The first kappa shape index (κ1) is 10.2. The molecule has 0 aliphatic carbocycles. The molecule has 0 unspecified atom stereocenters. The predicted octanol–water partition coefficient (Wildman–Crippen LogP) is -0.202. The molecular formula is C3H6KO2. The van der Waals surface area contributed by atoms with Gasteiger partial charge in [-0.15, -0.1) is 0 Å². The molecule has 0 aliphatic rings. The first-order chi connectivity index (χ1) is 2.27. The summed E-state index contributed by atoms with van der Waals surface area (Å²) in [5, 5.41) is 0. The maximum atomic E-state index is 9.59. The third-order valence-corrected chi connectivity index (χ3v) is 0.287. The molecule has 0 aromatic carbocycles. The number of hydrogen-bond donors (Lipinski definition) is 0. The first-order valence-electron chi connectivity index (χ1n) is 1.32. The van der Waals surface area contributed by atoms with Gasteiger partial charge < -0.3 is 4.74 Å². The molecule has 0 fully saturated rings. The fourth-order valence-corrected chi connectivity index (χ4v) is 0. The molecule has 0 aromatic heterocycles. The van der Waals surface area contributed by atoms with Gasteiger partial charge in [0.1, 0.15) is 0 Å². The summed E-state index contributed by atoms with van der Waals surface area (Å²) in [6.07, 6.45) is 0. The van der Waals surface area contributed by atoms with Gasteiger partial charge in [0, 0.05) is 58.3 Å². The quantitative estimate of drug-likeness (QED) is 0.321. The molecule has 0 bridgehead atoms. The Balaban J connectivity index is 0. The fourth-order valence-electron chi connectivity index (χ4n) is 0. The zero-order valence-electron chi connectivity index (χ0n) is 4.32. The van der Waals surface area contributed by atoms with E-state index in [4.69, 9.17) is 0 Å². The van der Waals surface area contributed by atoms with Gasteiger partial charge in [-0.3, -0.25) is 4.79 Å². The van der Waals surface area contributed by atoms with Crippen LogP contribution in [0.15, 0.2) is 0 Å². The Morgan fingerprint density at radius 3 is 1.83 bits per heavy atom. The van der Waals surface area contributed by atoms with E-state index in [1.165, 1.54) is 14.0 Å². The zero-order valence-corrected chi connectivity index (χ0v) is 7.44. The van der Waals surface area contributed by atoms with Gasteiger partial charge in [0.25, 0.3) is 0 Å². The summed E-state index contributed by atoms with van der Waals surface area (Å²) in [7, 11) is 1.35. The molecule has 3 heteroatoms. The van der Waals surface area contributed by atoms with Crippen molar-refractivity contribution < 1.29 is 9.53 Å². The number of rotatable bonds is 0. The summed E-state index contributed by atoms with van der Waals surface area (Å²) < 4.78 is 4.11. The van der Waals surface area contributed by atoms with Crippen molar-refractivity contribution in [3.63, 3.8) is 0 Å². The molecule has 2 nitrogen and oxygen atoms in total. The van der Waals surface area contributed by atoms with Gasteiger partial charge >= 0.3 is 5.97 Å². The molecule has 6 heavy (non-hydrogen) atoms. The van der Waals surface area contributed by atoms with E-state index in [1.807, 2.05) is 0 Å². The van der Waals surface area contributed by atoms with Gasteiger partial charge in [-0.25, -0.2) is 0 Å². The molecule has 0 atom stereocenters. The third kappa shape index (κ3) is 8.92. The van der Waals surface area contributed by atoms with Crippen LogP contribution in [0.5, 0.6) is 0 Å². The van der Waals surface area contributed by atoms with E-state index in [-0.39, 0.29) is 57.4 Å². The fraction of sp³-hybridized carbons (Fsp3) is 0.667. The van der Waals surface area contributed by atoms with E-state index < -0.39 is 0 Å². The van der Waals surface area contributed by atoms with Crippen molar-refractivity contribution in [2.45, 2.75) is 6.92 Å². The van der Waals surface area contributed by atoms with Crippen LogP contribution in [0.2, 0.25) is 0 Å². The Morgan fingerprint density at radius 2 is 1.83 bits per heavy atom. The summed E-state index contributed by atoms with van der Waals surface area (Å²) >= 11 is 0. The standard InChI is InChI=1S/C3H6O2.K/c1-3(4)5-2;/h1-2H3;. The Morgan fingerprint density at radius 1 is 1.67 bits per heavy atom. The minimum absolute atomic E-state index is 0. The number of ether oxygens (including phenoxy) is 1. The topological polar surface area (TPSA) is 26.3 Å².